The van der Waals surface area contributed by atoms with Crippen molar-refractivity contribution in [3.63, 3.8) is 0 Å². The molecule has 146 valence electrons. The van der Waals surface area contributed by atoms with Gasteiger partial charge in [-0.1, -0.05) is 33.3 Å². The normalized spacial score (nSPS) is 18.8. The van der Waals surface area contributed by atoms with Crippen LogP contribution in [0.15, 0.2) is 18.3 Å². The number of nitrogens with zero attached hydrogens (tertiary/aromatic N) is 3. The molecule has 1 aliphatic rings. The Bertz CT molecular complexity index is 578. The van der Waals surface area contributed by atoms with Crippen molar-refractivity contribution < 1.29 is 9.53 Å². The summed E-state index contributed by atoms with van der Waals surface area (Å²) in [7, 11) is 0. The van der Waals surface area contributed by atoms with Gasteiger partial charge in [-0.15, -0.1) is 0 Å². The van der Waals surface area contributed by atoms with E-state index in [0.29, 0.717) is 24.3 Å². The first-order valence-electron chi connectivity index (χ1n) is 9.91. The number of aromatic nitrogens is 1. The second kappa shape index (κ2) is 8.85. The Balaban J connectivity index is 2.19. The zero-order chi connectivity index (χ0) is 19.3. The lowest BCUT2D eigenvalue weighted by atomic mass is 9.96. The molecule has 1 aromatic rings. The summed E-state index contributed by atoms with van der Waals surface area (Å²) in [6.45, 7) is 14.9. The summed E-state index contributed by atoms with van der Waals surface area (Å²) in [6, 6.07) is 4.53. The van der Waals surface area contributed by atoms with E-state index in [1.54, 1.807) is 4.90 Å². The van der Waals surface area contributed by atoms with Crippen molar-refractivity contribution in [2.75, 3.05) is 24.5 Å². The highest BCUT2D eigenvalue weighted by Gasteiger charge is 2.26. The summed E-state index contributed by atoms with van der Waals surface area (Å²) in [6.07, 6.45) is 5.32. The van der Waals surface area contributed by atoms with E-state index in [1.807, 2.05) is 33.0 Å². The van der Waals surface area contributed by atoms with Gasteiger partial charge in [-0.2, -0.15) is 0 Å². The van der Waals surface area contributed by atoms with Crippen LogP contribution in [0.2, 0.25) is 0 Å². The van der Waals surface area contributed by atoms with E-state index in [9.17, 15) is 4.79 Å². The van der Waals surface area contributed by atoms with Crippen molar-refractivity contribution in [3.8, 4) is 0 Å². The summed E-state index contributed by atoms with van der Waals surface area (Å²) in [5, 5.41) is 0. The fourth-order valence-electron chi connectivity index (χ4n) is 3.45. The van der Waals surface area contributed by atoms with Crippen LogP contribution in [0.3, 0.4) is 0 Å². The van der Waals surface area contributed by atoms with Crippen LogP contribution in [-0.2, 0) is 4.74 Å². The van der Waals surface area contributed by atoms with E-state index in [0.717, 1.165) is 13.1 Å². The molecule has 1 atom stereocenters. The monoisotopic (exact) mass is 361 g/mol. The van der Waals surface area contributed by atoms with Gasteiger partial charge in [-0.05, 0) is 64.3 Å². The average molecular weight is 362 g/mol. The minimum atomic E-state index is -0.518. The molecule has 0 N–H and O–H groups in total. The lowest BCUT2D eigenvalue weighted by Gasteiger charge is -2.35. The lowest BCUT2D eigenvalue weighted by molar-refractivity contribution is 0.0575. The van der Waals surface area contributed by atoms with Crippen LogP contribution in [0.25, 0.3) is 0 Å². The number of ether oxygens (including phenoxy) is 1. The number of carbonyl (C=O) groups is 1. The van der Waals surface area contributed by atoms with E-state index in [1.165, 1.54) is 24.8 Å². The maximum atomic E-state index is 12.6. The van der Waals surface area contributed by atoms with E-state index >= 15 is 0 Å². The molecule has 1 amide bonds. The number of piperidine rings is 1. The Morgan fingerprint density at radius 2 is 2.08 bits per heavy atom. The first-order chi connectivity index (χ1) is 12.2. The van der Waals surface area contributed by atoms with Gasteiger partial charge in [-0.25, -0.2) is 9.78 Å². The minimum absolute atomic E-state index is 0.331. The van der Waals surface area contributed by atoms with Gasteiger partial charge < -0.3 is 4.74 Å². The predicted molar refractivity (Wildman–Crippen MR) is 106 cm³/mol. The van der Waals surface area contributed by atoms with Gasteiger partial charge in [0.25, 0.3) is 0 Å². The molecule has 5 heteroatoms. The molecule has 0 bridgehead atoms. The van der Waals surface area contributed by atoms with Crippen molar-refractivity contribution in [2.24, 2.45) is 5.92 Å². The summed E-state index contributed by atoms with van der Waals surface area (Å²) < 4.78 is 5.57. The van der Waals surface area contributed by atoms with Crippen molar-refractivity contribution in [3.05, 3.63) is 23.9 Å². The first kappa shape index (κ1) is 20.7. The third kappa shape index (κ3) is 5.70. The quantitative estimate of drug-likeness (QED) is 0.738. The molecule has 2 heterocycles. The molecule has 26 heavy (non-hydrogen) atoms. The van der Waals surface area contributed by atoms with E-state index in [4.69, 9.17) is 4.74 Å². The third-order valence-electron chi connectivity index (χ3n) is 4.61. The highest BCUT2D eigenvalue weighted by atomic mass is 16.6. The number of rotatable bonds is 5. The summed E-state index contributed by atoms with van der Waals surface area (Å²) in [5.74, 6) is 0.994. The van der Waals surface area contributed by atoms with Crippen LogP contribution in [0.5, 0.6) is 0 Å². The minimum Gasteiger partial charge on any atom is -0.443 e. The maximum absolute atomic E-state index is 12.6. The van der Waals surface area contributed by atoms with Crippen molar-refractivity contribution >= 4 is 11.9 Å². The van der Waals surface area contributed by atoms with Crippen LogP contribution < -0.4 is 4.90 Å². The molecule has 0 aliphatic carbocycles. The van der Waals surface area contributed by atoms with Gasteiger partial charge in [0.05, 0.1) is 0 Å². The highest BCUT2D eigenvalue weighted by molar-refractivity contribution is 5.86. The Labute approximate surface area is 158 Å². The Morgan fingerprint density at radius 3 is 2.62 bits per heavy atom. The largest absolute Gasteiger partial charge is 0.443 e. The van der Waals surface area contributed by atoms with Gasteiger partial charge in [0.2, 0.25) is 0 Å². The van der Waals surface area contributed by atoms with Crippen LogP contribution in [0, 0.1) is 5.92 Å². The van der Waals surface area contributed by atoms with Crippen molar-refractivity contribution in [2.45, 2.75) is 72.4 Å². The van der Waals surface area contributed by atoms with Gasteiger partial charge >= 0.3 is 6.09 Å². The van der Waals surface area contributed by atoms with Gasteiger partial charge in [-0.3, -0.25) is 9.80 Å². The standard InChI is InChI=1S/C21H35N3O2/c1-7-23-13-9-8-10-18(23)17-11-12-19(22-14-17)24(15-16(2)3)20(25)26-21(4,5)6/h11-12,14,16,18H,7-10,13,15H2,1-6H3/t18-/m1/s1. The molecule has 1 aromatic heterocycles. The fraction of sp³-hybridized carbons (Fsp3) is 0.714. The Morgan fingerprint density at radius 1 is 1.35 bits per heavy atom. The lowest BCUT2D eigenvalue weighted by Crippen LogP contribution is -2.39. The second-order valence-corrected chi connectivity index (χ2v) is 8.57. The molecule has 1 aliphatic heterocycles. The summed E-state index contributed by atoms with van der Waals surface area (Å²) >= 11 is 0. The second-order valence-electron chi connectivity index (χ2n) is 8.57. The average Bonchev–Trinajstić information content (AvgIpc) is 2.58. The van der Waals surface area contributed by atoms with Crippen LogP contribution in [-0.4, -0.2) is 41.2 Å². The summed E-state index contributed by atoms with van der Waals surface area (Å²) in [4.78, 5) is 21.4. The molecule has 0 spiro atoms. The van der Waals surface area contributed by atoms with E-state index in [2.05, 4.69) is 36.7 Å². The van der Waals surface area contributed by atoms with Gasteiger partial charge in [0, 0.05) is 18.8 Å². The van der Waals surface area contributed by atoms with Crippen LogP contribution in [0.4, 0.5) is 10.6 Å². The summed E-state index contributed by atoms with van der Waals surface area (Å²) in [5.41, 5.74) is 0.722. The SMILES string of the molecule is CCN1CCCC[C@@H]1c1ccc(N(CC(C)C)C(=O)OC(C)(C)C)nc1. The number of pyridine rings is 1. The number of carbonyl (C=O) groups excluding carboxylic acids is 1. The first-order valence-corrected chi connectivity index (χ1v) is 9.91. The molecular formula is C21H35N3O2. The molecule has 5 nitrogen and oxygen atoms in total. The van der Waals surface area contributed by atoms with Crippen molar-refractivity contribution in [1.82, 2.24) is 9.88 Å². The molecule has 1 fully saturated rings. The van der Waals surface area contributed by atoms with Gasteiger partial charge in [0.15, 0.2) is 0 Å². The molecule has 1 saturated heterocycles. The number of amides is 1. The zero-order valence-electron chi connectivity index (χ0n) is 17.3. The molecule has 2 rings (SSSR count). The number of anilines is 1. The number of hydrogen-bond donors (Lipinski definition) is 0. The maximum Gasteiger partial charge on any atom is 0.416 e. The fourth-order valence-corrected chi connectivity index (χ4v) is 3.45. The van der Waals surface area contributed by atoms with Crippen LogP contribution >= 0.6 is 0 Å². The van der Waals surface area contributed by atoms with E-state index < -0.39 is 5.60 Å². The molecule has 0 unspecified atom stereocenters. The van der Waals surface area contributed by atoms with Gasteiger partial charge in [0.1, 0.15) is 11.4 Å². The molecule has 0 saturated carbocycles. The predicted octanol–water partition coefficient (Wildman–Crippen LogP) is 5.03. The van der Waals surface area contributed by atoms with Crippen molar-refractivity contribution in [1.29, 1.82) is 0 Å². The molecular weight excluding hydrogens is 326 g/mol. The molecule has 0 radical (unpaired) electrons. The third-order valence-corrected chi connectivity index (χ3v) is 4.61. The molecule has 0 aromatic carbocycles. The number of likely N-dealkylation sites (tertiary alicyclic amines) is 1. The topological polar surface area (TPSA) is 45.7 Å². The number of hydrogen-bond acceptors (Lipinski definition) is 4. The van der Waals surface area contributed by atoms with E-state index in [-0.39, 0.29) is 6.09 Å². The van der Waals surface area contributed by atoms with Crippen LogP contribution in [0.1, 0.15) is 72.4 Å². The Hall–Kier alpha value is -1.62. The zero-order valence-corrected chi connectivity index (χ0v) is 17.3. The Kier molecular flexibility index (Phi) is 7.04. The highest BCUT2D eigenvalue weighted by Crippen LogP contribution is 2.31. The smallest absolute Gasteiger partial charge is 0.416 e.